The summed E-state index contributed by atoms with van der Waals surface area (Å²) in [4.78, 5) is 28.1. The molecule has 6 heteroatoms. The Hall–Kier alpha value is -1.14. The van der Waals surface area contributed by atoms with Crippen molar-refractivity contribution in [1.29, 1.82) is 0 Å². The quantitative estimate of drug-likeness (QED) is 0.573. The lowest BCUT2D eigenvalue weighted by atomic mass is 9.91. The van der Waals surface area contributed by atoms with Crippen LogP contribution in [0.5, 0.6) is 0 Å². The summed E-state index contributed by atoms with van der Waals surface area (Å²) in [6.07, 6.45) is 3.10. The van der Waals surface area contributed by atoms with Crippen molar-refractivity contribution in [3.63, 3.8) is 0 Å². The van der Waals surface area contributed by atoms with E-state index in [1.807, 2.05) is 0 Å². The Labute approximate surface area is 99.4 Å². The molecule has 0 aromatic carbocycles. The van der Waals surface area contributed by atoms with E-state index >= 15 is 0 Å². The van der Waals surface area contributed by atoms with E-state index in [0.29, 0.717) is 0 Å². The van der Waals surface area contributed by atoms with Gasteiger partial charge in [-0.2, -0.15) is 0 Å². The van der Waals surface area contributed by atoms with Gasteiger partial charge in [-0.1, -0.05) is 0 Å². The molecular weight excluding hydrogens is 222 g/mol. The maximum absolute atomic E-state index is 12.0. The molecule has 0 aromatic heterocycles. The summed E-state index contributed by atoms with van der Waals surface area (Å²) in [6, 6.07) is -0.512. The molecule has 3 fully saturated rings. The van der Waals surface area contributed by atoms with Gasteiger partial charge >= 0.3 is 0 Å². The first-order valence-electron chi connectivity index (χ1n) is 6.14. The fourth-order valence-corrected chi connectivity index (χ4v) is 2.92. The fourth-order valence-electron chi connectivity index (χ4n) is 2.92. The van der Waals surface area contributed by atoms with E-state index in [-0.39, 0.29) is 29.8 Å². The Balaban J connectivity index is 1.55. The zero-order valence-electron chi connectivity index (χ0n) is 9.62. The first-order valence-corrected chi connectivity index (χ1v) is 6.14. The lowest BCUT2D eigenvalue weighted by molar-refractivity contribution is -0.129. The van der Waals surface area contributed by atoms with Gasteiger partial charge in [0.15, 0.2) is 0 Å². The van der Waals surface area contributed by atoms with Crippen molar-refractivity contribution in [1.82, 2.24) is 16.1 Å². The molecule has 2 aliphatic heterocycles. The summed E-state index contributed by atoms with van der Waals surface area (Å²) in [6.45, 7) is 2.22. The molecule has 3 rings (SSSR count). The second kappa shape index (κ2) is 3.96. The molecule has 1 spiro atoms. The number of amides is 2. The first-order chi connectivity index (χ1) is 8.21. The van der Waals surface area contributed by atoms with E-state index in [0.717, 1.165) is 32.4 Å². The van der Waals surface area contributed by atoms with Crippen molar-refractivity contribution < 1.29 is 14.4 Å². The minimum atomic E-state index is -0.512. The maximum Gasteiger partial charge on any atom is 0.268 e. The second-order valence-corrected chi connectivity index (χ2v) is 5.21. The molecule has 2 saturated heterocycles. The topological polar surface area (TPSA) is 79.5 Å². The number of hydrogen-bond acceptors (Lipinski definition) is 4. The van der Waals surface area contributed by atoms with E-state index in [1.165, 1.54) is 0 Å². The van der Waals surface area contributed by atoms with E-state index in [9.17, 15) is 9.59 Å². The number of piperidine rings is 1. The Morgan fingerprint density at radius 1 is 1.41 bits per heavy atom. The number of carbonyl (C=O) groups excluding carboxylic acids is 2. The predicted molar refractivity (Wildman–Crippen MR) is 58.7 cm³/mol. The van der Waals surface area contributed by atoms with Crippen molar-refractivity contribution in [2.75, 3.05) is 19.7 Å². The standard InChI is InChI=1S/C11H17N3O3/c15-9(13-8-6-17-14-10(8)16)7-5-11(7)1-3-12-4-2-11/h7-8,12H,1-6H2,(H,13,15)(H,14,16)/t7?,8-/m1/s1. The maximum atomic E-state index is 12.0. The molecule has 2 atom stereocenters. The van der Waals surface area contributed by atoms with Gasteiger partial charge in [-0.25, -0.2) is 5.48 Å². The van der Waals surface area contributed by atoms with E-state index in [2.05, 4.69) is 16.1 Å². The third-order valence-corrected chi connectivity index (χ3v) is 4.16. The molecule has 94 valence electrons. The van der Waals surface area contributed by atoms with Gasteiger partial charge in [0.25, 0.3) is 5.91 Å². The predicted octanol–water partition coefficient (Wildman–Crippen LogP) is -1.08. The summed E-state index contributed by atoms with van der Waals surface area (Å²) in [5.41, 5.74) is 2.46. The smallest absolute Gasteiger partial charge is 0.268 e. The minimum absolute atomic E-state index is 0.0116. The lowest BCUT2D eigenvalue weighted by Gasteiger charge is -2.23. The third-order valence-electron chi connectivity index (χ3n) is 4.16. The van der Waals surface area contributed by atoms with Crippen LogP contribution in [0.4, 0.5) is 0 Å². The Bertz CT molecular complexity index is 352. The highest BCUT2D eigenvalue weighted by Gasteiger charge is 2.58. The van der Waals surface area contributed by atoms with Gasteiger partial charge < -0.3 is 10.6 Å². The highest BCUT2D eigenvalue weighted by atomic mass is 16.7. The first kappa shape index (κ1) is 11.0. The van der Waals surface area contributed by atoms with Gasteiger partial charge in [-0.05, 0) is 37.8 Å². The number of hydroxylamine groups is 1. The molecule has 3 aliphatic rings. The Morgan fingerprint density at radius 3 is 2.82 bits per heavy atom. The highest BCUT2D eigenvalue weighted by molar-refractivity contribution is 5.90. The van der Waals surface area contributed by atoms with Crippen LogP contribution < -0.4 is 16.1 Å². The highest BCUT2D eigenvalue weighted by Crippen LogP contribution is 2.58. The number of carbonyl (C=O) groups is 2. The monoisotopic (exact) mass is 239 g/mol. The number of nitrogens with one attached hydrogen (secondary N) is 3. The van der Waals surface area contributed by atoms with Crippen LogP contribution in [0.25, 0.3) is 0 Å². The SMILES string of the molecule is O=C(N[C@@H]1CONC1=O)C1CC12CCNCC2. The normalized spacial score (nSPS) is 34.5. The van der Waals surface area contributed by atoms with Crippen molar-refractivity contribution in [2.24, 2.45) is 11.3 Å². The van der Waals surface area contributed by atoms with Crippen LogP contribution in [0.3, 0.4) is 0 Å². The van der Waals surface area contributed by atoms with Gasteiger partial charge in [0.1, 0.15) is 12.6 Å². The summed E-state index contributed by atoms with van der Waals surface area (Å²) in [5, 5.41) is 6.07. The Kier molecular flexibility index (Phi) is 2.56. The Morgan fingerprint density at radius 2 is 2.18 bits per heavy atom. The summed E-state index contributed by atoms with van der Waals surface area (Å²) < 4.78 is 0. The molecule has 1 unspecified atom stereocenters. The van der Waals surface area contributed by atoms with Crippen molar-refractivity contribution >= 4 is 11.8 Å². The lowest BCUT2D eigenvalue weighted by Crippen LogP contribution is -2.43. The summed E-state index contributed by atoms with van der Waals surface area (Å²) in [7, 11) is 0. The second-order valence-electron chi connectivity index (χ2n) is 5.21. The molecule has 0 aromatic rings. The fraction of sp³-hybridized carbons (Fsp3) is 0.818. The molecule has 1 saturated carbocycles. The van der Waals surface area contributed by atoms with Crippen LogP contribution in [0.2, 0.25) is 0 Å². The molecule has 0 radical (unpaired) electrons. The third kappa shape index (κ3) is 1.91. The van der Waals surface area contributed by atoms with Crippen molar-refractivity contribution in [3.05, 3.63) is 0 Å². The van der Waals surface area contributed by atoms with Gasteiger partial charge in [-0.15, -0.1) is 0 Å². The van der Waals surface area contributed by atoms with Crippen LogP contribution in [-0.2, 0) is 14.4 Å². The van der Waals surface area contributed by atoms with E-state index in [4.69, 9.17) is 4.84 Å². The molecular formula is C11H17N3O3. The van der Waals surface area contributed by atoms with Crippen LogP contribution >= 0.6 is 0 Å². The molecule has 1 aliphatic carbocycles. The van der Waals surface area contributed by atoms with Crippen molar-refractivity contribution in [3.8, 4) is 0 Å². The van der Waals surface area contributed by atoms with E-state index < -0.39 is 6.04 Å². The molecule has 2 amide bonds. The van der Waals surface area contributed by atoms with Crippen LogP contribution in [0.1, 0.15) is 19.3 Å². The van der Waals surface area contributed by atoms with E-state index in [1.54, 1.807) is 0 Å². The average molecular weight is 239 g/mol. The zero-order chi connectivity index (χ0) is 11.9. The number of hydrogen-bond donors (Lipinski definition) is 3. The van der Waals surface area contributed by atoms with Gasteiger partial charge in [0, 0.05) is 5.92 Å². The molecule has 17 heavy (non-hydrogen) atoms. The van der Waals surface area contributed by atoms with Crippen LogP contribution in [0.15, 0.2) is 0 Å². The van der Waals surface area contributed by atoms with Crippen LogP contribution in [0, 0.1) is 11.3 Å². The molecule has 2 heterocycles. The minimum Gasteiger partial charge on any atom is -0.342 e. The molecule has 3 N–H and O–H groups in total. The largest absolute Gasteiger partial charge is 0.342 e. The van der Waals surface area contributed by atoms with Gasteiger partial charge in [0.2, 0.25) is 5.91 Å². The van der Waals surface area contributed by atoms with Gasteiger partial charge in [0.05, 0.1) is 0 Å². The number of rotatable bonds is 2. The summed E-state index contributed by atoms with van der Waals surface area (Å²) >= 11 is 0. The van der Waals surface area contributed by atoms with Crippen LogP contribution in [-0.4, -0.2) is 37.6 Å². The molecule has 6 nitrogen and oxygen atoms in total. The molecule has 0 bridgehead atoms. The zero-order valence-corrected chi connectivity index (χ0v) is 9.62. The summed E-state index contributed by atoms with van der Waals surface area (Å²) in [5.74, 6) is -0.145. The average Bonchev–Trinajstić information content (AvgIpc) is 2.87. The van der Waals surface area contributed by atoms with Crippen molar-refractivity contribution in [2.45, 2.75) is 25.3 Å². The van der Waals surface area contributed by atoms with Gasteiger partial charge in [-0.3, -0.25) is 14.4 Å².